The fourth-order valence-corrected chi connectivity index (χ4v) is 4.36. The number of rotatable bonds is 0. The Labute approximate surface area is 92.6 Å². The number of hydrogen-bond donors (Lipinski definition) is 1. The van der Waals surface area contributed by atoms with Crippen LogP contribution in [0.1, 0.15) is 40.0 Å². The molecule has 3 rings (SSSR count). The molecule has 2 fully saturated rings. The molecule has 0 amide bonds. The number of aliphatic hydroxyl groups excluding tert-OH is 1. The fraction of sp³-hybridized carbons (Fsp3) is 0.857. The summed E-state index contributed by atoms with van der Waals surface area (Å²) in [5, 5.41) is 10.1. The van der Waals surface area contributed by atoms with Gasteiger partial charge in [0.1, 0.15) is 0 Å². The minimum atomic E-state index is -0.122. The summed E-state index contributed by atoms with van der Waals surface area (Å²) >= 11 is 0. The summed E-state index contributed by atoms with van der Waals surface area (Å²) in [6.45, 7) is 7.20. The molecule has 5 atom stereocenters. The Morgan fingerprint density at radius 1 is 1.33 bits per heavy atom. The lowest BCUT2D eigenvalue weighted by atomic mass is 9.69. The molecule has 1 heteroatoms. The van der Waals surface area contributed by atoms with E-state index < -0.39 is 0 Å². The highest BCUT2D eigenvalue weighted by Gasteiger charge is 2.63. The van der Waals surface area contributed by atoms with E-state index in [0.29, 0.717) is 11.3 Å². The quantitative estimate of drug-likeness (QED) is 0.604. The number of allylic oxidation sites excluding steroid dienone is 1. The molecule has 0 aliphatic heterocycles. The minimum Gasteiger partial charge on any atom is -0.389 e. The van der Waals surface area contributed by atoms with Crippen LogP contribution < -0.4 is 0 Å². The van der Waals surface area contributed by atoms with Crippen LogP contribution in [-0.4, -0.2) is 11.2 Å². The largest absolute Gasteiger partial charge is 0.389 e. The lowest BCUT2D eigenvalue weighted by Crippen LogP contribution is -2.33. The fourth-order valence-electron chi connectivity index (χ4n) is 4.36. The summed E-state index contributed by atoms with van der Waals surface area (Å²) in [5.41, 5.74) is 1.93. The van der Waals surface area contributed by atoms with E-state index in [2.05, 4.69) is 26.8 Å². The summed E-state index contributed by atoms with van der Waals surface area (Å²) in [4.78, 5) is 0. The lowest BCUT2D eigenvalue weighted by molar-refractivity contribution is 0.117. The van der Waals surface area contributed by atoms with Crippen molar-refractivity contribution < 1.29 is 5.11 Å². The van der Waals surface area contributed by atoms with Gasteiger partial charge in [0.15, 0.2) is 0 Å². The Morgan fingerprint density at radius 3 is 2.80 bits per heavy atom. The van der Waals surface area contributed by atoms with Crippen LogP contribution in [0, 0.1) is 29.1 Å². The summed E-state index contributed by atoms with van der Waals surface area (Å²) in [7, 11) is 0. The molecule has 0 spiro atoms. The van der Waals surface area contributed by atoms with Gasteiger partial charge in [-0.15, -0.1) is 0 Å². The van der Waals surface area contributed by atoms with Gasteiger partial charge in [-0.1, -0.05) is 26.8 Å². The molecule has 15 heavy (non-hydrogen) atoms. The number of fused-ring (bicyclic) bond motifs is 3. The van der Waals surface area contributed by atoms with Crippen molar-refractivity contribution in [3.63, 3.8) is 0 Å². The molecule has 3 aliphatic carbocycles. The highest BCUT2D eigenvalue weighted by Crippen LogP contribution is 2.69. The van der Waals surface area contributed by atoms with E-state index in [1.165, 1.54) is 18.4 Å². The zero-order valence-electron chi connectivity index (χ0n) is 10.0. The van der Waals surface area contributed by atoms with E-state index in [-0.39, 0.29) is 6.10 Å². The average molecular weight is 206 g/mol. The Balaban J connectivity index is 1.94. The van der Waals surface area contributed by atoms with Gasteiger partial charge in [0.25, 0.3) is 0 Å². The smallest absolute Gasteiger partial charge is 0.0753 e. The number of hydrogen-bond acceptors (Lipinski definition) is 1. The predicted octanol–water partition coefficient (Wildman–Crippen LogP) is 3.00. The van der Waals surface area contributed by atoms with Crippen LogP contribution in [0.3, 0.4) is 0 Å². The Morgan fingerprint density at radius 2 is 2.07 bits per heavy atom. The van der Waals surface area contributed by atoms with Crippen molar-refractivity contribution in [3.05, 3.63) is 11.6 Å². The molecular formula is C14H22O. The molecule has 1 N–H and O–H groups in total. The van der Waals surface area contributed by atoms with Gasteiger partial charge in [-0.2, -0.15) is 0 Å². The van der Waals surface area contributed by atoms with Crippen LogP contribution in [0.5, 0.6) is 0 Å². The molecule has 3 aliphatic rings. The monoisotopic (exact) mass is 206 g/mol. The van der Waals surface area contributed by atoms with E-state index >= 15 is 0 Å². The normalized spacial score (nSPS) is 51.5. The molecule has 2 saturated carbocycles. The van der Waals surface area contributed by atoms with Gasteiger partial charge in [-0.3, -0.25) is 0 Å². The Kier molecular flexibility index (Phi) is 1.90. The molecule has 0 heterocycles. The molecule has 2 unspecified atom stereocenters. The molecule has 0 aromatic rings. The van der Waals surface area contributed by atoms with Crippen LogP contribution in [0.2, 0.25) is 0 Å². The molecule has 0 radical (unpaired) electrons. The van der Waals surface area contributed by atoms with Crippen molar-refractivity contribution in [2.75, 3.05) is 0 Å². The van der Waals surface area contributed by atoms with E-state index in [1.54, 1.807) is 0 Å². The molecular weight excluding hydrogens is 184 g/mol. The maximum Gasteiger partial charge on any atom is 0.0753 e. The van der Waals surface area contributed by atoms with E-state index in [1.807, 2.05) is 0 Å². The topological polar surface area (TPSA) is 20.2 Å². The van der Waals surface area contributed by atoms with Crippen LogP contribution >= 0.6 is 0 Å². The first-order valence-corrected chi connectivity index (χ1v) is 6.41. The van der Waals surface area contributed by atoms with E-state index in [9.17, 15) is 5.11 Å². The van der Waals surface area contributed by atoms with Gasteiger partial charge in [-0.25, -0.2) is 0 Å². The zero-order chi connectivity index (χ0) is 10.8. The van der Waals surface area contributed by atoms with Crippen LogP contribution in [0.25, 0.3) is 0 Å². The first-order valence-electron chi connectivity index (χ1n) is 6.41. The van der Waals surface area contributed by atoms with Gasteiger partial charge in [-0.05, 0) is 53.9 Å². The zero-order valence-corrected chi connectivity index (χ0v) is 10.0. The summed E-state index contributed by atoms with van der Waals surface area (Å²) in [5.74, 6) is 3.25. The Hall–Kier alpha value is -0.300. The summed E-state index contributed by atoms with van der Waals surface area (Å²) in [6.07, 6.45) is 5.65. The SMILES string of the molecule is C[C@@H]1CC[C@@H](O)C2=CCC3C([C@@H]21)C3(C)C. The first-order chi connectivity index (χ1) is 7.03. The third-order valence-corrected chi connectivity index (χ3v) is 5.41. The van der Waals surface area contributed by atoms with Crippen LogP contribution in [-0.2, 0) is 0 Å². The first kappa shape index (κ1) is 9.89. The average Bonchev–Trinajstić information content (AvgIpc) is 2.76. The molecule has 0 bridgehead atoms. The number of aliphatic hydroxyl groups is 1. The second kappa shape index (κ2) is 2.88. The van der Waals surface area contributed by atoms with Crippen LogP contribution in [0.4, 0.5) is 0 Å². The summed E-state index contributed by atoms with van der Waals surface area (Å²) in [6, 6.07) is 0. The summed E-state index contributed by atoms with van der Waals surface area (Å²) < 4.78 is 0. The predicted molar refractivity (Wildman–Crippen MR) is 61.4 cm³/mol. The molecule has 84 valence electrons. The van der Waals surface area contributed by atoms with Crippen molar-refractivity contribution >= 4 is 0 Å². The molecule has 0 aromatic heterocycles. The second-order valence-electron chi connectivity index (χ2n) is 6.49. The maximum atomic E-state index is 10.1. The molecule has 0 saturated heterocycles. The van der Waals surface area contributed by atoms with Crippen molar-refractivity contribution in [2.45, 2.75) is 46.1 Å². The van der Waals surface area contributed by atoms with E-state index in [4.69, 9.17) is 0 Å². The van der Waals surface area contributed by atoms with Gasteiger partial charge in [0.05, 0.1) is 6.10 Å². The minimum absolute atomic E-state index is 0.122. The molecule has 1 nitrogen and oxygen atoms in total. The molecule has 0 aromatic carbocycles. The van der Waals surface area contributed by atoms with Crippen molar-refractivity contribution in [1.29, 1.82) is 0 Å². The van der Waals surface area contributed by atoms with Crippen molar-refractivity contribution in [1.82, 2.24) is 0 Å². The van der Waals surface area contributed by atoms with E-state index in [0.717, 1.165) is 24.2 Å². The van der Waals surface area contributed by atoms with Crippen LogP contribution in [0.15, 0.2) is 11.6 Å². The standard InChI is InChI=1S/C14H22O/c1-8-4-7-11(15)9-5-6-10-13(12(8)9)14(10,2)3/h5,8,10-13,15H,4,6-7H2,1-3H3/t8-,10?,11-,12-,13?/m1/s1. The Bertz CT molecular complexity index is 315. The third kappa shape index (κ3) is 1.19. The second-order valence-corrected chi connectivity index (χ2v) is 6.49. The van der Waals surface area contributed by atoms with Gasteiger partial charge < -0.3 is 5.11 Å². The highest BCUT2D eigenvalue weighted by atomic mass is 16.3. The van der Waals surface area contributed by atoms with Crippen molar-refractivity contribution in [2.24, 2.45) is 29.1 Å². The van der Waals surface area contributed by atoms with Gasteiger partial charge in [0.2, 0.25) is 0 Å². The van der Waals surface area contributed by atoms with Gasteiger partial charge >= 0.3 is 0 Å². The maximum absolute atomic E-state index is 10.1. The van der Waals surface area contributed by atoms with Gasteiger partial charge in [0, 0.05) is 0 Å². The third-order valence-electron chi connectivity index (χ3n) is 5.41. The lowest BCUT2D eigenvalue weighted by Gasteiger charge is -2.37. The highest BCUT2D eigenvalue weighted by molar-refractivity contribution is 5.29. The van der Waals surface area contributed by atoms with Crippen molar-refractivity contribution in [3.8, 4) is 0 Å².